The van der Waals surface area contributed by atoms with E-state index >= 15 is 0 Å². The Balaban J connectivity index is 1.77. The van der Waals surface area contributed by atoms with E-state index in [1.807, 2.05) is 30.3 Å². The van der Waals surface area contributed by atoms with Gasteiger partial charge < -0.3 is 10.1 Å². The van der Waals surface area contributed by atoms with Crippen LogP contribution in [0, 0.1) is 0 Å². The second-order valence-electron chi connectivity index (χ2n) is 8.03. The molecule has 0 atom stereocenters. The molecule has 0 aliphatic rings. The van der Waals surface area contributed by atoms with Crippen molar-refractivity contribution in [3.8, 4) is 11.5 Å². The lowest BCUT2D eigenvalue weighted by Crippen LogP contribution is -2.28. The maximum absolute atomic E-state index is 12.7. The molecule has 0 radical (unpaired) electrons. The van der Waals surface area contributed by atoms with Crippen molar-refractivity contribution in [2.45, 2.75) is 57.6 Å². The minimum Gasteiger partial charge on any atom is -0.457 e. The van der Waals surface area contributed by atoms with E-state index in [0.29, 0.717) is 24.3 Å². The molecule has 0 aromatic heterocycles. The number of unbranched alkanes of at least 4 members (excludes halogenated alkanes) is 1. The Hall–Kier alpha value is -2.23. The molecule has 2 N–H and O–H groups in total. The van der Waals surface area contributed by atoms with Crippen LogP contribution < -0.4 is 14.8 Å². The molecule has 0 spiro atoms. The van der Waals surface area contributed by atoms with Crippen molar-refractivity contribution in [3.63, 3.8) is 0 Å². The number of hydrogen-bond acceptors (Lipinski definition) is 7. The summed E-state index contributed by atoms with van der Waals surface area (Å²) < 4.78 is 56.4. The van der Waals surface area contributed by atoms with Crippen LogP contribution in [0.2, 0.25) is 0 Å². The van der Waals surface area contributed by atoms with Crippen LogP contribution in [-0.4, -0.2) is 39.4 Å². The van der Waals surface area contributed by atoms with Crippen LogP contribution in [0.25, 0.3) is 0 Å². The van der Waals surface area contributed by atoms with Gasteiger partial charge in [0.1, 0.15) is 11.5 Å². The van der Waals surface area contributed by atoms with Crippen LogP contribution in [-0.2, 0) is 23.6 Å². The Kier molecular flexibility index (Phi) is 10.7. The van der Waals surface area contributed by atoms with E-state index < -0.39 is 35.5 Å². The summed E-state index contributed by atoms with van der Waals surface area (Å²) in [5.74, 6) is 1.19. The molecule has 11 heteroatoms. The van der Waals surface area contributed by atoms with Gasteiger partial charge in [-0.15, -0.1) is 0 Å². The lowest BCUT2D eigenvalue weighted by Gasteiger charge is -2.21. The van der Waals surface area contributed by atoms with Crippen LogP contribution in [0.3, 0.4) is 0 Å². The Bertz CT molecular complexity index is 1040. The molecule has 0 aliphatic carbocycles. The number of carbonyl (C=O) groups excluding carboxylic acids is 1. The van der Waals surface area contributed by atoms with E-state index in [4.69, 9.17) is 13.8 Å². The van der Waals surface area contributed by atoms with Gasteiger partial charge in [0.25, 0.3) is 0 Å². The number of ether oxygens (including phenoxy) is 1. The normalized spacial score (nSPS) is 12.2. The van der Waals surface area contributed by atoms with Gasteiger partial charge >= 0.3 is 13.2 Å². The molecular weight excluding hydrogens is 479 g/mol. The molecule has 2 aromatic carbocycles. The maximum Gasteiger partial charge on any atom is 0.418 e. The van der Waals surface area contributed by atoms with Gasteiger partial charge in [-0.3, -0.25) is 13.8 Å². The number of sulfonamides is 1. The third kappa shape index (κ3) is 9.19. The number of benzene rings is 2. The molecule has 2 aromatic rings. The molecule has 188 valence electrons. The van der Waals surface area contributed by atoms with Gasteiger partial charge in [-0.2, -0.15) is 0 Å². The molecule has 0 heterocycles. The van der Waals surface area contributed by atoms with Crippen LogP contribution in [0.15, 0.2) is 59.5 Å². The molecule has 0 aliphatic heterocycles. The van der Waals surface area contributed by atoms with Crippen LogP contribution in [0.4, 0.5) is 4.79 Å². The van der Waals surface area contributed by atoms with E-state index in [1.54, 1.807) is 39.8 Å². The lowest BCUT2D eigenvalue weighted by atomic mass is 10.3. The van der Waals surface area contributed by atoms with Crippen LogP contribution >= 0.6 is 7.60 Å². The summed E-state index contributed by atoms with van der Waals surface area (Å²) in [5, 5.41) is 2.55. The zero-order chi connectivity index (χ0) is 25.2. The number of rotatable bonds is 14. The number of nitrogens with one attached hydrogen (secondary N) is 2. The van der Waals surface area contributed by atoms with Crippen molar-refractivity contribution in [3.05, 3.63) is 54.6 Å². The molecule has 0 saturated carbocycles. The van der Waals surface area contributed by atoms with Gasteiger partial charge in [-0.25, -0.2) is 17.7 Å². The summed E-state index contributed by atoms with van der Waals surface area (Å²) in [4.78, 5) is 12.4. The summed E-state index contributed by atoms with van der Waals surface area (Å²) in [6.45, 7) is 7.06. The predicted octanol–water partition coefficient (Wildman–Crippen LogP) is 5.29. The van der Waals surface area contributed by atoms with Crippen molar-refractivity contribution in [2.24, 2.45) is 0 Å². The first-order chi connectivity index (χ1) is 16.0. The third-order valence-electron chi connectivity index (χ3n) is 4.23. The number of para-hydroxylation sites is 1. The largest absolute Gasteiger partial charge is 0.457 e. The second-order valence-corrected chi connectivity index (χ2v) is 11.6. The SMILES string of the molecule is CC(C)OP(=O)(OC(C)C)C(=O)NCCCCNS(=O)(=O)c1ccc(Oc2ccccc2)cc1. The second kappa shape index (κ2) is 13.0. The summed E-state index contributed by atoms with van der Waals surface area (Å²) in [5.41, 5.74) is -0.798. The zero-order valence-electron chi connectivity index (χ0n) is 19.9. The van der Waals surface area contributed by atoms with Gasteiger partial charge in [0.2, 0.25) is 10.0 Å². The van der Waals surface area contributed by atoms with Gasteiger partial charge in [0.05, 0.1) is 17.1 Å². The van der Waals surface area contributed by atoms with E-state index in [2.05, 4.69) is 10.0 Å². The molecule has 34 heavy (non-hydrogen) atoms. The average Bonchev–Trinajstić information content (AvgIpc) is 2.76. The van der Waals surface area contributed by atoms with Crippen molar-refractivity contribution in [1.29, 1.82) is 0 Å². The average molecular weight is 513 g/mol. The standard InChI is InChI=1S/C23H33N2O7PS/c1-18(2)31-33(27,32-19(3)4)23(26)24-16-8-9-17-25-34(28,29)22-14-12-21(13-15-22)30-20-10-6-5-7-11-20/h5-7,10-15,18-19,25H,8-9,16-17H2,1-4H3,(H,24,26). The van der Waals surface area contributed by atoms with Crippen LogP contribution in [0.1, 0.15) is 40.5 Å². The van der Waals surface area contributed by atoms with Gasteiger partial charge in [0, 0.05) is 13.1 Å². The van der Waals surface area contributed by atoms with Gasteiger partial charge in [0.15, 0.2) is 0 Å². The summed E-state index contributed by atoms with van der Waals surface area (Å²) in [7, 11) is -7.62. The topological polar surface area (TPSA) is 120 Å². The predicted molar refractivity (Wildman–Crippen MR) is 131 cm³/mol. The van der Waals surface area contributed by atoms with Gasteiger partial charge in [-0.05, 0) is 76.9 Å². The maximum atomic E-state index is 12.7. The molecular formula is C23H33N2O7PS. The number of hydrogen-bond donors (Lipinski definition) is 2. The Morgan fingerprint density at radius 3 is 1.94 bits per heavy atom. The minimum absolute atomic E-state index is 0.124. The van der Waals surface area contributed by atoms with E-state index in [-0.39, 0.29) is 18.0 Å². The third-order valence-corrected chi connectivity index (χ3v) is 7.76. The monoisotopic (exact) mass is 512 g/mol. The molecule has 0 bridgehead atoms. The Morgan fingerprint density at radius 1 is 0.853 bits per heavy atom. The Morgan fingerprint density at radius 2 is 1.38 bits per heavy atom. The first-order valence-corrected chi connectivity index (χ1v) is 14.1. The molecule has 0 fully saturated rings. The van der Waals surface area contributed by atoms with Crippen molar-refractivity contribution < 1.29 is 31.6 Å². The fourth-order valence-corrected chi connectivity index (χ4v) is 5.55. The fourth-order valence-electron chi connectivity index (χ4n) is 2.82. The first kappa shape index (κ1) is 28.0. The summed E-state index contributed by atoms with van der Waals surface area (Å²) in [6, 6.07) is 15.3. The zero-order valence-corrected chi connectivity index (χ0v) is 21.6. The minimum atomic E-state index is -3.94. The van der Waals surface area contributed by atoms with Crippen molar-refractivity contribution >= 4 is 23.3 Å². The van der Waals surface area contributed by atoms with E-state index in [1.165, 1.54) is 12.1 Å². The molecule has 0 saturated heterocycles. The lowest BCUT2D eigenvalue weighted by molar-refractivity contribution is 0.143. The molecule has 2 rings (SSSR count). The highest BCUT2D eigenvalue weighted by Gasteiger charge is 2.36. The molecule has 9 nitrogen and oxygen atoms in total. The smallest absolute Gasteiger partial charge is 0.418 e. The highest BCUT2D eigenvalue weighted by Crippen LogP contribution is 2.51. The molecule has 1 amide bonds. The number of carbonyl (C=O) groups is 1. The highest BCUT2D eigenvalue weighted by molar-refractivity contribution is 7.89. The summed E-state index contributed by atoms with van der Waals surface area (Å²) in [6.07, 6.45) is 0.0590. The molecule has 0 unspecified atom stereocenters. The van der Waals surface area contributed by atoms with Crippen molar-refractivity contribution in [1.82, 2.24) is 10.0 Å². The van der Waals surface area contributed by atoms with E-state index in [9.17, 15) is 17.8 Å². The van der Waals surface area contributed by atoms with Gasteiger partial charge in [-0.1, -0.05) is 18.2 Å². The van der Waals surface area contributed by atoms with Crippen molar-refractivity contribution in [2.75, 3.05) is 13.1 Å². The summed E-state index contributed by atoms with van der Waals surface area (Å²) >= 11 is 0. The number of amides is 1. The highest BCUT2D eigenvalue weighted by atomic mass is 32.2. The Labute approximate surface area is 201 Å². The quantitative estimate of drug-likeness (QED) is 0.261. The fraction of sp³-hybridized carbons (Fsp3) is 0.435. The van der Waals surface area contributed by atoms with E-state index in [0.717, 1.165) is 0 Å². The first-order valence-electron chi connectivity index (χ1n) is 11.1. The van der Waals surface area contributed by atoms with Crippen LogP contribution in [0.5, 0.6) is 11.5 Å².